The first-order chi connectivity index (χ1) is 15.0. The number of amides is 1. The first-order valence-corrected chi connectivity index (χ1v) is 10.7. The largest absolute Gasteiger partial charge is 0.481 e. The number of furan rings is 1. The molecule has 0 atom stereocenters. The third kappa shape index (κ3) is 4.69. The molecule has 0 aliphatic rings. The van der Waals surface area contributed by atoms with Gasteiger partial charge in [-0.25, -0.2) is 8.42 Å². The average Bonchev–Trinajstić information content (AvgIpc) is 3.23. The fraction of sp³-hybridized carbons (Fsp3) is 0.200. The molecule has 32 heavy (non-hydrogen) atoms. The quantitative estimate of drug-likeness (QED) is 0.537. The molecular formula is C20H17F3N2O6S. The minimum absolute atomic E-state index is 0.0484. The lowest BCUT2D eigenvalue weighted by molar-refractivity contribution is -0.137. The summed E-state index contributed by atoms with van der Waals surface area (Å²) in [5, 5.41) is 0. The summed E-state index contributed by atoms with van der Waals surface area (Å²) in [7, 11) is -1.61. The highest BCUT2D eigenvalue weighted by Crippen LogP contribution is 2.34. The maximum Gasteiger partial charge on any atom is 0.416 e. The molecular weight excluding hydrogens is 453 g/mol. The smallest absolute Gasteiger partial charge is 0.416 e. The third-order valence-electron chi connectivity index (χ3n) is 4.24. The highest BCUT2D eigenvalue weighted by molar-refractivity contribution is 7.92. The van der Waals surface area contributed by atoms with Crippen LogP contribution in [0.1, 0.15) is 16.1 Å². The molecule has 170 valence electrons. The second-order valence-corrected chi connectivity index (χ2v) is 8.29. The van der Waals surface area contributed by atoms with Crippen molar-refractivity contribution >= 4 is 21.6 Å². The summed E-state index contributed by atoms with van der Waals surface area (Å²) in [6.07, 6.45) is -3.77. The minimum Gasteiger partial charge on any atom is -0.481 e. The van der Waals surface area contributed by atoms with E-state index in [4.69, 9.17) is 13.9 Å². The molecule has 2 aromatic heterocycles. The van der Waals surface area contributed by atoms with Crippen molar-refractivity contribution in [1.29, 1.82) is 0 Å². The maximum atomic E-state index is 13.0. The summed E-state index contributed by atoms with van der Waals surface area (Å²) < 4.78 is 79.7. The number of aromatic nitrogens is 1. The van der Waals surface area contributed by atoms with Gasteiger partial charge in [-0.05, 0) is 30.3 Å². The van der Waals surface area contributed by atoms with E-state index >= 15 is 0 Å². The van der Waals surface area contributed by atoms with E-state index in [1.54, 1.807) is 0 Å². The van der Waals surface area contributed by atoms with Gasteiger partial charge >= 0.3 is 12.1 Å². The zero-order chi connectivity index (χ0) is 23.7. The van der Waals surface area contributed by atoms with Crippen molar-refractivity contribution in [2.75, 3.05) is 24.8 Å². The number of hydrogen-bond donors (Lipinski definition) is 0. The third-order valence-corrected chi connectivity index (χ3v) is 5.27. The Morgan fingerprint density at radius 2 is 1.78 bits per heavy atom. The molecule has 8 nitrogen and oxygen atoms in total. The molecule has 0 fully saturated rings. The predicted molar refractivity (Wildman–Crippen MR) is 108 cm³/mol. The van der Waals surface area contributed by atoms with Crippen molar-refractivity contribution in [1.82, 2.24) is 4.98 Å². The van der Waals surface area contributed by atoms with Crippen LogP contribution in [0.4, 0.5) is 18.9 Å². The Morgan fingerprint density at radius 1 is 1.06 bits per heavy atom. The lowest BCUT2D eigenvalue weighted by atomic mass is 10.1. The van der Waals surface area contributed by atoms with Crippen LogP contribution in [0.3, 0.4) is 0 Å². The van der Waals surface area contributed by atoms with Gasteiger partial charge in [0.25, 0.3) is 0 Å². The lowest BCUT2D eigenvalue weighted by Gasteiger charge is -2.21. The van der Waals surface area contributed by atoms with Gasteiger partial charge in [0.2, 0.25) is 21.8 Å². The molecule has 0 spiro atoms. The molecule has 0 aliphatic heterocycles. The van der Waals surface area contributed by atoms with Crippen LogP contribution in [0.25, 0.3) is 11.3 Å². The Balaban J connectivity index is 2.03. The van der Waals surface area contributed by atoms with Gasteiger partial charge in [-0.15, -0.1) is 0 Å². The Kier molecular flexibility index (Phi) is 6.17. The summed E-state index contributed by atoms with van der Waals surface area (Å²) in [6.45, 7) is 0. The summed E-state index contributed by atoms with van der Waals surface area (Å²) in [4.78, 5) is 17.0. The minimum atomic E-state index is -4.56. The number of hydrogen-bond acceptors (Lipinski definition) is 7. The number of ether oxygens (including phenoxy) is 2. The number of methoxy groups -OCH3 is 2. The molecule has 0 bridgehead atoms. The van der Waals surface area contributed by atoms with Gasteiger partial charge in [0.1, 0.15) is 11.4 Å². The van der Waals surface area contributed by atoms with Gasteiger partial charge in [0.15, 0.2) is 5.76 Å². The number of nitrogens with zero attached hydrogens (tertiary/aromatic N) is 2. The summed E-state index contributed by atoms with van der Waals surface area (Å²) in [5.74, 6) is -1.63. The first-order valence-electron chi connectivity index (χ1n) is 8.87. The molecule has 12 heteroatoms. The van der Waals surface area contributed by atoms with Gasteiger partial charge in [0.05, 0.1) is 26.0 Å². The van der Waals surface area contributed by atoms with E-state index in [1.165, 1.54) is 50.6 Å². The number of halogens is 3. The van der Waals surface area contributed by atoms with Crippen LogP contribution in [0.2, 0.25) is 0 Å². The zero-order valence-electron chi connectivity index (χ0n) is 17.0. The van der Waals surface area contributed by atoms with Gasteiger partial charge < -0.3 is 13.9 Å². The van der Waals surface area contributed by atoms with Crippen LogP contribution < -0.4 is 13.8 Å². The second kappa shape index (κ2) is 8.54. The van der Waals surface area contributed by atoms with Crippen LogP contribution in [-0.2, 0) is 16.2 Å². The average molecular weight is 470 g/mol. The van der Waals surface area contributed by atoms with Crippen LogP contribution in [-0.4, -0.2) is 39.8 Å². The van der Waals surface area contributed by atoms with E-state index in [9.17, 15) is 26.4 Å². The van der Waals surface area contributed by atoms with E-state index < -0.39 is 33.4 Å². The number of alkyl halides is 3. The standard InChI is InChI=1S/C20H17F3N2O6S/c1-29-17-10-7-14(18(24-17)30-2)25(32(3,27)28)19(26)16-9-8-15(31-16)12-5-4-6-13(11-12)20(21,22)23/h4-11H,1-3H3. The molecule has 1 amide bonds. The number of rotatable bonds is 6. The van der Waals surface area contributed by atoms with Crippen molar-refractivity contribution in [3.63, 3.8) is 0 Å². The van der Waals surface area contributed by atoms with Crippen molar-refractivity contribution in [2.45, 2.75) is 6.18 Å². The summed E-state index contributed by atoms with van der Waals surface area (Å²) in [6, 6.07) is 9.35. The number of sulfonamides is 1. The monoisotopic (exact) mass is 470 g/mol. The Bertz CT molecular complexity index is 1250. The molecule has 3 aromatic rings. The first kappa shape index (κ1) is 23.1. The van der Waals surface area contributed by atoms with E-state index in [1.807, 2.05) is 0 Å². The van der Waals surface area contributed by atoms with Crippen molar-refractivity contribution in [3.05, 3.63) is 59.9 Å². The Hall–Kier alpha value is -3.54. The molecule has 0 N–H and O–H groups in total. The number of benzene rings is 1. The number of pyridine rings is 1. The van der Waals surface area contributed by atoms with E-state index in [0.29, 0.717) is 4.31 Å². The molecule has 0 unspecified atom stereocenters. The Labute approximate surface area is 181 Å². The molecule has 3 rings (SSSR count). The molecule has 0 saturated carbocycles. The number of carbonyl (C=O) groups excluding carboxylic acids is 1. The van der Waals surface area contributed by atoms with Crippen molar-refractivity contribution < 1.29 is 40.3 Å². The van der Waals surface area contributed by atoms with Gasteiger partial charge in [-0.3, -0.25) is 4.79 Å². The van der Waals surface area contributed by atoms with E-state index in [2.05, 4.69) is 4.98 Å². The fourth-order valence-electron chi connectivity index (χ4n) is 2.83. The van der Waals surface area contributed by atoms with Crippen molar-refractivity contribution in [2.24, 2.45) is 0 Å². The fourth-order valence-corrected chi connectivity index (χ4v) is 3.72. The van der Waals surface area contributed by atoms with Gasteiger partial charge in [-0.2, -0.15) is 22.5 Å². The van der Waals surface area contributed by atoms with Gasteiger partial charge in [0, 0.05) is 11.6 Å². The molecule has 0 aliphatic carbocycles. The zero-order valence-corrected chi connectivity index (χ0v) is 17.8. The van der Waals surface area contributed by atoms with E-state index in [-0.39, 0.29) is 28.8 Å². The van der Waals surface area contributed by atoms with Crippen LogP contribution in [0.5, 0.6) is 11.8 Å². The molecule has 0 radical (unpaired) electrons. The van der Waals surface area contributed by atoms with E-state index in [0.717, 1.165) is 18.4 Å². The van der Waals surface area contributed by atoms with Crippen LogP contribution in [0.15, 0.2) is 52.9 Å². The van der Waals surface area contributed by atoms with Crippen LogP contribution in [0, 0.1) is 0 Å². The maximum absolute atomic E-state index is 13.0. The van der Waals surface area contributed by atoms with Gasteiger partial charge in [-0.1, -0.05) is 12.1 Å². The van der Waals surface area contributed by atoms with Crippen LogP contribution >= 0.6 is 0 Å². The number of anilines is 1. The number of carbonyl (C=O) groups is 1. The molecule has 0 saturated heterocycles. The predicted octanol–water partition coefficient (Wildman–Crippen LogP) is 3.98. The highest BCUT2D eigenvalue weighted by Gasteiger charge is 2.33. The summed E-state index contributed by atoms with van der Waals surface area (Å²) >= 11 is 0. The normalized spacial score (nSPS) is 11.8. The molecule has 2 heterocycles. The summed E-state index contributed by atoms with van der Waals surface area (Å²) in [5.41, 5.74) is -1.03. The highest BCUT2D eigenvalue weighted by atomic mass is 32.2. The second-order valence-electron chi connectivity index (χ2n) is 6.46. The SMILES string of the molecule is COc1ccc(N(C(=O)c2ccc(-c3cccc(C(F)(F)F)c3)o2)S(C)(=O)=O)c(OC)n1. The van der Waals surface area contributed by atoms with Crippen molar-refractivity contribution in [3.8, 4) is 23.1 Å². The molecule has 1 aromatic carbocycles. The topological polar surface area (TPSA) is 98.9 Å². The lowest BCUT2D eigenvalue weighted by Crippen LogP contribution is -2.36. The Morgan fingerprint density at radius 3 is 2.38 bits per heavy atom.